The summed E-state index contributed by atoms with van der Waals surface area (Å²) in [4.78, 5) is 25.0. The molecule has 1 amide bonds. The molecule has 0 aliphatic heterocycles. The Bertz CT molecular complexity index is 1280. The largest absolute Gasteiger partial charge is 0.495 e. The maximum absolute atomic E-state index is 13.4. The zero-order valence-corrected chi connectivity index (χ0v) is 15.4. The Balaban J connectivity index is 1.75. The molecule has 1 heterocycles. The standard InChI is InChI=1S/C23H16FNO4/c1-28-21-10-9-14(18-12-15-5-2-3-8-20(15)29-23(18)27)13-19(21)25-22(26)16-6-4-7-17(24)11-16/h2-13H,1H3,(H,25,26). The number of para-hydroxylation sites is 1. The summed E-state index contributed by atoms with van der Waals surface area (Å²) in [6.07, 6.45) is 0. The number of rotatable bonds is 4. The Morgan fingerprint density at radius 1 is 1.00 bits per heavy atom. The van der Waals surface area contributed by atoms with Crippen molar-refractivity contribution in [1.29, 1.82) is 0 Å². The summed E-state index contributed by atoms with van der Waals surface area (Å²) in [6.45, 7) is 0. The number of hydrogen-bond donors (Lipinski definition) is 1. The molecule has 0 unspecified atom stereocenters. The highest BCUT2D eigenvalue weighted by atomic mass is 19.1. The van der Waals surface area contributed by atoms with Crippen molar-refractivity contribution in [3.05, 3.63) is 94.6 Å². The molecule has 0 aliphatic carbocycles. The van der Waals surface area contributed by atoms with Crippen molar-refractivity contribution < 1.29 is 18.3 Å². The molecule has 144 valence electrons. The zero-order valence-electron chi connectivity index (χ0n) is 15.4. The Morgan fingerprint density at radius 3 is 2.62 bits per heavy atom. The van der Waals surface area contributed by atoms with Crippen LogP contribution < -0.4 is 15.7 Å². The minimum Gasteiger partial charge on any atom is -0.495 e. The number of methoxy groups -OCH3 is 1. The molecule has 4 aromatic rings. The first kappa shape index (κ1) is 18.4. The van der Waals surface area contributed by atoms with Crippen LogP contribution >= 0.6 is 0 Å². The molecule has 29 heavy (non-hydrogen) atoms. The number of carbonyl (C=O) groups is 1. The monoisotopic (exact) mass is 389 g/mol. The summed E-state index contributed by atoms with van der Waals surface area (Å²) in [7, 11) is 1.47. The van der Waals surface area contributed by atoms with Gasteiger partial charge in [0.2, 0.25) is 0 Å². The van der Waals surface area contributed by atoms with Crippen molar-refractivity contribution in [3.8, 4) is 16.9 Å². The van der Waals surface area contributed by atoms with Crippen molar-refractivity contribution in [1.82, 2.24) is 0 Å². The van der Waals surface area contributed by atoms with Gasteiger partial charge in [-0.25, -0.2) is 9.18 Å². The average Bonchev–Trinajstić information content (AvgIpc) is 2.73. The highest BCUT2D eigenvalue weighted by Gasteiger charge is 2.14. The van der Waals surface area contributed by atoms with Gasteiger partial charge in [0.15, 0.2) is 0 Å². The Hall–Kier alpha value is -3.93. The lowest BCUT2D eigenvalue weighted by Gasteiger charge is -2.12. The molecule has 0 bridgehead atoms. The quantitative estimate of drug-likeness (QED) is 0.506. The summed E-state index contributed by atoms with van der Waals surface area (Å²) in [6, 6.07) is 19.3. The Morgan fingerprint density at radius 2 is 1.83 bits per heavy atom. The third-order valence-corrected chi connectivity index (χ3v) is 4.49. The minimum absolute atomic E-state index is 0.169. The molecule has 0 aliphatic rings. The highest BCUT2D eigenvalue weighted by molar-refractivity contribution is 6.05. The van der Waals surface area contributed by atoms with Gasteiger partial charge in [-0.2, -0.15) is 0 Å². The Kier molecular flexibility index (Phi) is 4.83. The van der Waals surface area contributed by atoms with E-state index in [9.17, 15) is 14.0 Å². The van der Waals surface area contributed by atoms with Crippen LogP contribution in [0.5, 0.6) is 5.75 Å². The zero-order chi connectivity index (χ0) is 20.4. The molecule has 0 spiro atoms. The van der Waals surface area contributed by atoms with Gasteiger partial charge in [0.1, 0.15) is 17.1 Å². The first-order valence-electron chi connectivity index (χ1n) is 8.83. The maximum atomic E-state index is 13.4. The third kappa shape index (κ3) is 3.73. The first-order valence-corrected chi connectivity index (χ1v) is 8.83. The summed E-state index contributed by atoms with van der Waals surface area (Å²) in [5.41, 5.74) is 1.44. The fraction of sp³-hybridized carbons (Fsp3) is 0.0435. The van der Waals surface area contributed by atoms with Gasteiger partial charge in [0.05, 0.1) is 18.4 Å². The second kappa shape index (κ2) is 7.59. The molecule has 1 N–H and O–H groups in total. The lowest BCUT2D eigenvalue weighted by atomic mass is 10.0. The molecular weight excluding hydrogens is 373 g/mol. The number of carbonyl (C=O) groups excluding carboxylic acids is 1. The lowest BCUT2D eigenvalue weighted by molar-refractivity contribution is 0.102. The fourth-order valence-electron chi connectivity index (χ4n) is 3.06. The molecule has 3 aromatic carbocycles. The van der Waals surface area contributed by atoms with Crippen LogP contribution in [-0.4, -0.2) is 13.0 Å². The summed E-state index contributed by atoms with van der Waals surface area (Å²) in [5.74, 6) is -0.596. The topological polar surface area (TPSA) is 68.5 Å². The van der Waals surface area contributed by atoms with Gasteiger partial charge in [0, 0.05) is 10.9 Å². The van der Waals surface area contributed by atoms with Crippen LogP contribution in [0, 0.1) is 5.82 Å². The van der Waals surface area contributed by atoms with E-state index in [-0.39, 0.29) is 5.56 Å². The van der Waals surface area contributed by atoms with Crippen molar-refractivity contribution in [2.24, 2.45) is 0 Å². The lowest BCUT2D eigenvalue weighted by Crippen LogP contribution is -2.13. The summed E-state index contributed by atoms with van der Waals surface area (Å²) < 4.78 is 24.1. The highest BCUT2D eigenvalue weighted by Crippen LogP contribution is 2.31. The van der Waals surface area contributed by atoms with Gasteiger partial charge < -0.3 is 14.5 Å². The number of nitrogens with one attached hydrogen (secondary N) is 1. The van der Waals surface area contributed by atoms with E-state index in [4.69, 9.17) is 9.15 Å². The average molecular weight is 389 g/mol. The van der Waals surface area contributed by atoms with Crippen LogP contribution in [0.1, 0.15) is 10.4 Å². The molecule has 0 atom stereocenters. The minimum atomic E-state index is -0.507. The number of halogens is 1. The number of benzene rings is 3. The van der Waals surface area contributed by atoms with E-state index in [0.717, 1.165) is 11.5 Å². The Labute approximate surface area is 165 Å². The van der Waals surface area contributed by atoms with Gasteiger partial charge >= 0.3 is 5.63 Å². The smallest absolute Gasteiger partial charge is 0.344 e. The van der Waals surface area contributed by atoms with E-state index in [2.05, 4.69) is 5.32 Å². The second-order valence-corrected chi connectivity index (χ2v) is 6.36. The van der Waals surface area contributed by atoms with Gasteiger partial charge in [-0.1, -0.05) is 30.3 Å². The van der Waals surface area contributed by atoms with Crippen molar-refractivity contribution >= 4 is 22.6 Å². The van der Waals surface area contributed by atoms with E-state index in [1.165, 1.54) is 25.3 Å². The van der Waals surface area contributed by atoms with Crippen LogP contribution in [0.3, 0.4) is 0 Å². The molecular formula is C23H16FNO4. The van der Waals surface area contributed by atoms with Crippen LogP contribution in [-0.2, 0) is 0 Å². The van der Waals surface area contributed by atoms with Crippen molar-refractivity contribution in [3.63, 3.8) is 0 Å². The van der Waals surface area contributed by atoms with Gasteiger partial charge in [-0.15, -0.1) is 0 Å². The third-order valence-electron chi connectivity index (χ3n) is 4.49. The van der Waals surface area contributed by atoms with Crippen LogP contribution in [0.15, 0.2) is 82.0 Å². The number of amides is 1. The predicted molar refractivity (Wildman–Crippen MR) is 109 cm³/mol. The normalized spacial score (nSPS) is 10.7. The van der Waals surface area contributed by atoms with Gasteiger partial charge in [-0.3, -0.25) is 4.79 Å². The van der Waals surface area contributed by atoms with E-state index >= 15 is 0 Å². The molecule has 0 fully saturated rings. The van der Waals surface area contributed by atoms with Crippen LogP contribution in [0.2, 0.25) is 0 Å². The molecule has 6 heteroatoms. The SMILES string of the molecule is COc1ccc(-c2cc3ccccc3oc2=O)cc1NC(=O)c1cccc(F)c1. The van der Waals surface area contributed by atoms with E-state index in [0.29, 0.717) is 28.1 Å². The molecule has 0 saturated heterocycles. The van der Waals surface area contributed by atoms with E-state index in [1.54, 1.807) is 36.4 Å². The van der Waals surface area contributed by atoms with Crippen molar-refractivity contribution in [2.45, 2.75) is 0 Å². The molecule has 4 rings (SSSR count). The van der Waals surface area contributed by atoms with Gasteiger partial charge in [-0.05, 0) is 48.0 Å². The molecule has 0 radical (unpaired) electrons. The van der Waals surface area contributed by atoms with E-state index in [1.807, 2.05) is 12.1 Å². The molecule has 0 saturated carbocycles. The predicted octanol–water partition coefficient (Wildman–Crippen LogP) is 4.86. The summed E-state index contributed by atoms with van der Waals surface area (Å²) in [5, 5.41) is 3.49. The maximum Gasteiger partial charge on any atom is 0.344 e. The molecule has 1 aromatic heterocycles. The number of hydrogen-bond acceptors (Lipinski definition) is 4. The summed E-state index contributed by atoms with van der Waals surface area (Å²) >= 11 is 0. The van der Waals surface area contributed by atoms with E-state index < -0.39 is 17.3 Å². The van der Waals surface area contributed by atoms with Crippen LogP contribution in [0.25, 0.3) is 22.1 Å². The fourth-order valence-corrected chi connectivity index (χ4v) is 3.06. The van der Waals surface area contributed by atoms with Crippen LogP contribution in [0.4, 0.5) is 10.1 Å². The number of fused-ring (bicyclic) bond motifs is 1. The number of anilines is 1. The van der Waals surface area contributed by atoms with Crippen molar-refractivity contribution in [2.75, 3.05) is 12.4 Å². The number of ether oxygens (including phenoxy) is 1. The van der Waals surface area contributed by atoms with Gasteiger partial charge in [0.25, 0.3) is 5.91 Å². The molecule has 5 nitrogen and oxygen atoms in total. The first-order chi connectivity index (χ1) is 14.0. The second-order valence-electron chi connectivity index (χ2n) is 6.36.